The van der Waals surface area contributed by atoms with E-state index in [1.807, 2.05) is 42.6 Å². The van der Waals surface area contributed by atoms with E-state index >= 15 is 0 Å². The average Bonchev–Trinajstić information content (AvgIpc) is 3.16. The van der Waals surface area contributed by atoms with Crippen LogP contribution in [0.4, 0.5) is 5.13 Å². The molecule has 0 saturated heterocycles. The summed E-state index contributed by atoms with van der Waals surface area (Å²) in [4.78, 5) is 17.0. The molecule has 3 rings (SSSR count). The summed E-state index contributed by atoms with van der Waals surface area (Å²) < 4.78 is 11.8. The molecule has 0 aliphatic rings. The topological polar surface area (TPSA) is 60.5 Å². The number of rotatable bonds is 7. The number of carbonyl (C=O) groups is 1. The number of ether oxygens (including phenoxy) is 2. The second-order valence-electron chi connectivity index (χ2n) is 6.20. The Morgan fingerprint density at radius 2 is 2.00 bits per heavy atom. The van der Waals surface area contributed by atoms with Crippen LogP contribution in [0.1, 0.15) is 30.6 Å². The molecule has 0 bridgehead atoms. The summed E-state index contributed by atoms with van der Waals surface area (Å²) in [5.74, 6) is 1.31. The molecule has 1 N–H and O–H groups in total. The number of nitrogens with one attached hydrogen (secondary N) is 1. The fourth-order valence-corrected chi connectivity index (χ4v) is 3.71. The first-order valence-corrected chi connectivity index (χ1v) is 10.5. The van der Waals surface area contributed by atoms with Gasteiger partial charge in [0.1, 0.15) is 11.5 Å². The largest absolute Gasteiger partial charge is 0.496 e. The van der Waals surface area contributed by atoms with Gasteiger partial charge in [0, 0.05) is 16.5 Å². The smallest absolute Gasteiger partial charge is 0.257 e. The van der Waals surface area contributed by atoms with Crippen molar-refractivity contribution in [3.05, 3.63) is 57.9 Å². The van der Waals surface area contributed by atoms with E-state index in [2.05, 4.69) is 33.2 Å². The molecule has 0 spiro atoms. The zero-order valence-corrected chi connectivity index (χ0v) is 18.3. The highest BCUT2D eigenvalue weighted by molar-refractivity contribution is 9.10. The minimum Gasteiger partial charge on any atom is -0.496 e. The molecule has 0 radical (unpaired) electrons. The van der Waals surface area contributed by atoms with Gasteiger partial charge in [0.05, 0.1) is 23.4 Å². The van der Waals surface area contributed by atoms with Gasteiger partial charge in [0.2, 0.25) is 0 Å². The number of nitrogens with zero attached hydrogens (tertiary/aromatic N) is 1. The average molecular weight is 461 g/mol. The summed E-state index contributed by atoms with van der Waals surface area (Å²) in [7, 11) is 1.62. The standard InChI is InChI=1S/C21H21BrN2O3S/c1-4-13(2)27-16-8-5-14(6-9-16)20(25)24-21-23-18(12-28-21)15-7-10-19(26-3)17(22)11-15/h5-13H,4H2,1-3H3,(H,23,24,25)/t13-/m0/s1. The molecule has 1 aromatic heterocycles. The summed E-state index contributed by atoms with van der Waals surface area (Å²) in [5, 5.41) is 5.31. The third kappa shape index (κ3) is 4.91. The van der Waals surface area contributed by atoms with Crippen LogP contribution < -0.4 is 14.8 Å². The van der Waals surface area contributed by atoms with Crippen LogP contribution in [0.25, 0.3) is 11.3 Å². The number of hydrogen-bond acceptors (Lipinski definition) is 5. The maximum Gasteiger partial charge on any atom is 0.257 e. The van der Waals surface area contributed by atoms with Crippen LogP contribution in [0, 0.1) is 0 Å². The Morgan fingerprint density at radius 3 is 2.64 bits per heavy atom. The predicted molar refractivity (Wildman–Crippen MR) is 117 cm³/mol. The van der Waals surface area contributed by atoms with Gasteiger partial charge < -0.3 is 9.47 Å². The number of thiazole rings is 1. The highest BCUT2D eigenvalue weighted by Gasteiger charge is 2.12. The lowest BCUT2D eigenvalue weighted by atomic mass is 10.2. The molecule has 2 aromatic carbocycles. The van der Waals surface area contributed by atoms with Crippen molar-refractivity contribution in [3.8, 4) is 22.8 Å². The predicted octanol–water partition coefficient (Wildman–Crippen LogP) is 6.01. The Balaban J connectivity index is 1.67. The molecule has 0 aliphatic carbocycles. The van der Waals surface area contributed by atoms with Crippen LogP contribution in [0.3, 0.4) is 0 Å². The molecule has 0 fully saturated rings. The van der Waals surface area contributed by atoms with Gasteiger partial charge in [-0.2, -0.15) is 0 Å². The normalized spacial score (nSPS) is 11.7. The Kier molecular flexibility index (Phi) is 6.70. The third-order valence-electron chi connectivity index (χ3n) is 4.20. The molecule has 7 heteroatoms. The van der Waals surface area contributed by atoms with Crippen LogP contribution in [0.5, 0.6) is 11.5 Å². The molecule has 1 atom stereocenters. The van der Waals surface area contributed by atoms with E-state index in [0.717, 1.165) is 33.6 Å². The SMILES string of the molecule is CC[C@H](C)Oc1ccc(C(=O)Nc2nc(-c3ccc(OC)c(Br)c3)cs2)cc1. The van der Waals surface area contributed by atoms with Crippen molar-refractivity contribution in [2.24, 2.45) is 0 Å². The van der Waals surface area contributed by atoms with E-state index < -0.39 is 0 Å². The van der Waals surface area contributed by atoms with E-state index in [9.17, 15) is 4.79 Å². The van der Waals surface area contributed by atoms with E-state index in [1.54, 1.807) is 19.2 Å². The van der Waals surface area contributed by atoms with Gasteiger partial charge in [0.15, 0.2) is 5.13 Å². The molecule has 0 unspecified atom stereocenters. The van der Waals surface area contributed by atoms with E-state index in [1.165, 1.54) is 11.3 Å². The fraction of sp³-hybridized carbons (Fsp3) is 0.238. The lowest BCUT2D eigenvalue weighted by Gasteiger charge is -2.12. The van der Waals surface area contributed by atoms with Crippen molar-refractivity contribution in [1.29, 1.82) is 0 Å². The lowest BCUT2D eigenvalue weighted by molar-refractivity contribution is 0.102. The second-order valence-corrected chi connectivity index (χ2v) is 7.91. The molecule has 0 aliphatic heterocycles. The number of benzene rings is 2. The fourth-order valence-electron chi connectivity index (χ4n) is 2.46. The number of carbonyl (C=O) groups excluding carboxylic acids is 1. The van der Waals surface area contributed by atoms with Crippen molar-refractivity contribution in [2.45, 2.75) is 26.4 Å². The molecule has 28 heavy (non-hydrogen) atoms. The maximum atomic E-state index is 12.5. The highest BCUT2D eigenvalue weighted by atomic mass is 79.9. The molecular formula is C21H21BrN2O3S. The van der Waals surface area contributed by atoms with Gasteiger partial charge >= 0.3 is 0 Å². The van der Waals surface area contributed by atoms with Crippen molar-refractivity contribution < 1.29 is 14.3 Å². The van der Waals surface area contributed by atoms with E-state index in [-0.39, 0.29) is 12.0 Å². The number of amides is 1. The Morgan fingerprint density at radius 1 is 1.25 bits per heavy atom. The van der Waals surface area contributed by atoms with Gasteiger partial charge in [-0.25, -0.2) is 4.98 Å². The minimum atomic E-state index is -0.202. The highest BCUT2D eigenvalue weighted by Crippen LogP contribution is 2.32. The zero-order chi connectivity index (χ0) is 20.1. The van der Waals surface area contributed by atoms with Crippen LogP contribution in [0.15, 0.2) is 52.3 Å². The van der Waals surface area contributed by atoms with Gasteiger partial charge in [-0.15, -0.1) is 11.3 Å². The van der Waals surface area contributed by atoms with Crippen LogP contribution in [-0.4, -0.2) is 24.1 Å². The van der Waals surface area contributed by atoms with Crippen LogP contribution in [-0.2, 0) is 0 Å². The molecule has 1 amide bonds. The Hall–Kier alpha value is -2.38. The number of anilines is 1. The van der Waals surface area contributed by atoms with Crippen molar-refractivity contribution in [1.82, 2.24) is 4.98 Å². The molecule has 5 nitrogen and oxygen atoms in total. The van der Waals surface area contributed by atoms with Gasteiger partial charge in [-0.3, -0.25) is 10.1 Å². The summed E-state index contributed by atoms with van der Waals surface area (Å²) in [6.07, 6.45) is 1.07. The number of methoxy groups -OCH3 is 1. The first-order chi connectivity index (χ1) is 13.5. The summed E-state index contributed by atoms with van der Waals surface area (Å²) >= 11 is 4.86. The molecule has 0 saturated carbocycles. The second kappa shape index (κ2) is 9.21. The Labute approximate surface area is 176 Å². The first kappa shape index (κ1) is 20.4. The minimum absolute atomic E-state index is 0.145. The summed E-state index contributed by atoms with van der Waals surface area (Å²) in [5.41, 5.74) is 2.29. The lowest BCUT2D eigenvalue weighted by Crippen LogP contribution is -2.12. The van der Waals surface area contributed by atoms with Crippen molar-refractivity contribution in [2.75, 3.05) is 12.4 Å². The monoisotopic (exact) mass is 460 g/mol. The van der Waals surface area contributed by atoms with Crippen LogP contribution >= 0.6 is 27.3 Å². The maximum absolute atomic E-state index is 12.5. The molecule has 1 heterocycles. The molecule has 3 aromatic rings. The van der Waals surface area contributed by atoms with Crippen LogP contribution in [0.2, 0.25) is 0 Å². The van der Waals surface area contributed by atoms with Crippen molar-refractivity contribution in [3.63, 3.8) is 0 Å². The van der Waals surface area contributed by atoms with Gasteiger partial charge in [-0.05, 0) is 71.7 Å². The van der Waals surface area contributed by atoms with Crippen molar-refractivity contribution >= 4 is 38.3 Å². The summed E-state index contributed by atoms with van der Waals surface area (Å²) in [6, 6.07) is 12.9. The molecule has 146 valence electrons. The number of halogens is 1. The third-order valence-corrected chi connectivity index (χ3v) is 5.58. The van der Waals surface area contributed by atoms with E-state index in [0.29, 0.717) is 10.7 Å². The number of aromatic nitrogens is 1. The molecular weight excluding hydrogens is 440 g/mol. The quantitative estimate of drug-likeness (QED) is 0.468. The zero-order valence-electron chi connectivity index (χ0n) is 15.9. The summed E-state index contributed by atoms with van der Waals surface area (Å²) in [6.45, 7) is 4.08. The van der Waals surface area contributed by atoms with Gasteiger partial charge in [-0.1, -0.05) is 6.92 Å². The Bertz CT molecular complexity index is 957. The van der Waals surface area contributed by atoms with E-state index in [4.69, 9.17) is 9.47 Å². The van der Waals surface area contributed by atoms with Gasteiger partial charge in [0.25, 0.3) is 5.91 Å². The number of hydrogen-bond donors (Lipinski definition) is 1. The first-order valence-electron chi connectivity index (χ1n) is 8.87.